The molecule has 1 atom stereocenters. The largest absolute Gasteiger partial charge is 0.464 e. The standard InChI is InChI=1S/C28H34F3NO5S.ClH/c1-27(2,32)26(34)37-17-22(20-6-4-3-5-7-20)16-25(33)21-10-8-19(9-11-21)18-38(35,36)24-14-12-23(13-15-24)28(29,30)31;/h3-7,12-15,19,21-22H,8-11,16-18,32H2,1-2H3;1H/t19?,21?,22-;/m1./s1. The first-order chi connectivity index (χ1) is 17.7. The van der Waals surface area contributed by atoms with Crippen LogP contribution < -0.4 is 5.73 Å². The molecule has 0 unspecified atom stereocenters. The third-order valence-corrected chi connectivity index (χ3v) is 8.86. The molecule has 0 amide bonds. The molecule has 1 aliphatic rings. The van der Waals surface area contributed by atoms with E-state index in [4.69, 9.17) is 10.5 Å². The van der Waals surface area contributed by atoms with Crippen molar-refractivity contribution < 1.29 is 35.9 Å². The van der Waals surface area contributed by atoms with Gasteiger partial charge >= 0.3 is 12.1 Å². The molecule has 216 valence electrons. The number of alkyl halides is 3. The first-order valence-electron chi connectivity index (χ1n) is 12.6. The maximum Gasteiger partial charge on any atom is 0.416 e. The number of ether oxygens (including phenoxy) is 1. The van der Waals surface area contributed by atoms with Crippen LogP contribution in [0.15, 0.2) is 59.5 Å². The summed E-state index contributed by atoms with van der Waals surface area (Å²) >= 11 is 0. The molecule has 0 saturated heterocycles. The number of hydrogen-bond acceptors (Lipinski definition) is 6. The topological polar surface area (TPSA) is 104 Å². The van der Waals surface area contributed by atoms with Crippen LogP contribution in [0.4, 0.5) is 13.2 Å². The molecular formula is C28H35ClF3NO5S. The average molecular weight is 590 g/mol. The second-order valence-electron chi connectivity index (χ2n) is 10.6. The maximum absolute atomic E-state index is 13.2. The summed E-state index contributed by atoms with van der Waals surface area (Å²) in [5.41, 5.74) is 4.64. The Morgan fingerprint density at radius 1 is 0.974 bits per heavy atom. The molecule has 6 nitrogen and oxygen atoms in total. The summed E-state index contributed by atoms with van der Waals surface area (Å²) < 4.78 is 69.3. The molecule has 0 spiro atoms. The van der Waals surface area contributed by atoms with Gasteiger partial charge in [0.25, 0.3) is 0 Å². The van der Waals surface area contributed by atoms with Crippen molar-refractivity contribution in [3.63, 3.8) is 0 Å². The van der Waals surface area contributed by atoms with Crippen molar-refractivity contribution >= 4 is 34.0 Å². The van der Waals surface area contributed by atoms with Gasteiger partial charge < -0.3 is 10.5 Å². The van der Waals surface area contributed by atoms with Crippen molar-refractivity contribution in [1.29, 1.82) is 0 Å². The molecule has 2 N–H and O–H groups in total. The zero-order chi connectivity index (χ0) is 28.1. The van der Waals surface area contributed by atoms with Crippen LogP contribution in [0.5, 0.6) is 0 Å². The van der Waals surface area contributed by atoms with Crippen LogP contribution in [0.2, 0.25) is 0 Å². The lowest BCUT2D eigenvalue weighted by molar-refractivity contribution is -0.149. The van der Waals surface area contributed by atoms with E-state index in [-0.39, 0.29) is 59.6 Å². The zero-order valence-corrected chi connectivity index (χ0v) is 23.6. The van der Waals surface area contributed by atoms with Gasteiger partial charge in [0.1, 0.15) is 11.3 Å². The lowest BCUT2D eigenvalue weighted by Gasteiger charge is -2.29. The van der Waals surface area contributed by atoms with E-state index in [0.717, 1.165) is 29.8 Å². The van der Waals surface area contributed by atoms with Crippen LogP contribution in [-0.2, 0) is 30.3 Å². The van der Waals surface area contributed by atoms with Crippen LogP contribution in [0.1, 0.15) is 63.0 Å². The first kappa shape index (κ1) is 32.8. The average Bonchev–Trinajstić information content (AvgIpc) is 2.86. The number of carbonyl (C=O) groups is 2. The van der Waals surface area contributed by atoms with E-state index in [1.165, 1.54) is 0 Å². The number of hydrogen-bond donors (Lipinski definition) is 1. The van der Waals surface area contributed by atoms with Gasteiger partial charge in [0.05, 0.1) is 22.8 Å². The van der Waals surface area contributed by atoms with E-state index >= 15 is 0 Å². The molecule has 1 aliphatic carbocycles. The van der Waals surface area contributed by atoms with Crippen LogP contribution in [0, 0.1) is 11.8 Å². The quantitative estimate of drug-likeness (QED) is 0.355. The molecule has 2 aromatic carbocycles. The van der Waals surface area contributed by atoms with Crippen LogP contribution in [0.3, 0.4) is 0 Å². The molecule has 0 aliphatic heterocycles. The highest BCUT2D eigenvalue weighted by Gasteiger charge is 2.33. The number of rotatable bonds is 10. The molecule has 0 aromatic heterocycles. The summed E-state index contributed by atoms with van der Waals surface area (Å²) in [4.78, 5) is 25.2. The summed E-state index contributed by atoms with van der Waals surface area (Å²) in [5, 5.41) is 0. The summed E-state index contributed by atoms with van der Waals surface area (Å²) in [5.74, 6) is -1.42. The number of sulfone groups is 1. The van der Waals surface area contributed by atoms with Gasteiger partial charge in [-0.2, -0.15) is 13.2 Å². The van der Waals surface area contributed by atoms with Gasteiger partial charge in [-0.3, -0.25) is 9.59 Å². The molecule has 11 heteroatoms. The predicted octanol–water partition coefficient (Wildman–Crippen LogP) is 5.73. The van der Waals surface area contributed by atoms with Gasteiger partial charge in [0.2, 0.25) is 0 Å². The number of halogens is 4. The smallest absolute Gasteiger partial charge is 0.416 e. The number of carbonyl (C=O) groups excluding carboxylic acids is 2. The number of ketones is 1. The fraction of sp³-hybridized carbons (Fsp3) is 0.500. The van der Waals surface area contributed by atoms with Gasteiger partial charge in [0, 0.05) is 18.3 Å². The lowest BCUT2D eigenvalue weighted by Crippen LogP contribution is -2.43. The minimum absolute atomic E-state index is 0. The number of esters is 1. The molecule has 1 saturated carbocycles. The van der Waals surface area contributed by atoms with Crippen molar-refractivity contribution in [3.05, 3.63) is 65.7 Å². The van der Waals surface area contributed by atoms with E-state index in [0.29, 0.717) is 25.7 Å². The van der Waals surface area contributed by atoms with Crippen LogP contribution in [0.25, 0.3) is 0 Å². The van der Waals surface area contributed by atoms with Gasteiger partial charge in [-0.05, 0) is 75.3 Å². The minimum atomic E-state index is -4.53. The Morgan fingerprint density at radius 3 is 2.05 bits per heavy atom. The number of nitrogens with two attached hydrogens (primary N) is 1. The van der Waals surface area contributed by atoms with Crippen molar-refractivity contribution in [2.24, 2.45) is 17.6 Å². The van der Waals surface area contributed by atoms with E-state index in [1.54, 1.807) is 13.8 Å². The van der Waals surface area contributed by atoms with Gasteiger partial charge in [0.15, 0.2) is 9.84 Å². The third-order valence-electron chi connectivity index (χ3n) is 6.96. The second kappa shape index (κ2) is 13.3. The summed E-state index contributed by atoms with van der Waals surface area (Å²) in [7, 11) is -3.75. The Hall–Kier alpha value is -2.43. The third kappa shape index (κ3) is 9.32. The Bertz CT molecular complexity index is 1200. The molecule has 39 heavy (non-hydrogen) atoms. The monoisotopic (exact) mass is 589 g/mol. The molecule has 0 bridgehead atoms. The Labute approximate surface area is 233 Å². The van der Waals surface area contributed by atoms with E-state index < -0.39 is 33.1 Å². The SMILES string of the molecule is CC(C)(N)C(=O)OC[C@@H](CC(=O)C1CCC(CS(=O)(=O)c2ccc(C(F)(F)F)cc2)CC1)c1ccccc1.Cl. The molecule has 3 rings (SSSR count). The predicted molar refractivity (Wildman–Crippen MR) is 144 cm³/mol. The highest BCUT2D eigenvalue weighted by Crippen LogP contribution is 2.35. The highest BCUT2D eigenvalue weighted by molar-refractivity contribution is 7.91. The fourth-order valence-electron chi connectivity index (χ4n) is 4.68. The van der Waals surface area contributed by atoms with Crippen LogP contribution >= 0.6 is 12.4 Å². The van der Waals surface area contributed by atoms with Gasteiger partial charge in [-0.1, -0.05) is 30.3 Å². The minimum Gasteiger partial charge on any atom is -0.464 e. The zero-order valence-electron chi connectivity index (χ0n) is 21.9. The molecule has 0 radical (unpaired) electrons. The fourth-order valence-corrected chi connectivity index (χ4v) is 6.38. The van der Waals surface area contributed by atoms with Crippen molar-refractivity contribution in [2.45, 2.75) is 68.5 Å². The molecule has 0 heterocycles. The molecule has 1 fully saturated rings. The summed E-state index contributed by atoms with van der Waals surface area (Å²) in [6.07, 6.45) is -2.23. The normalized spacial score (nSPS) is 19.0. The number of Topliss-reactive ketones (excluding diaryl/α,β-unsaturated/α-hetero) is 1. The van der Waals surface area contributed by atoms with Gasteiger partial charge in [-0.15, -0.1) is 12.4 Å². The van der Waals surface area contributed by atoms with E-state index in [2.05, 4.69) is 0 Å². The lowest BCUT2D eigenvalue weighted by atomic mass is 9.78. The highest BCUT2D eigenvalue weighted by atomic mass is 35.5. The Morgan fingerprint density at radius 2 is 1.54 bits per heavy atom. The second-order valence-corrected chi connectivity index (χ2v) is 12.7. The molecule has 2 aromatic rings. The maximum atomic E-state index is 13.2. The Kier molecular flexibility index (Phi) is 11.2. The van der Waals surface area contributed by atoms with E-state index in [1.807, 2.05) is 30.3 Å². The number of benzene rings is 2. The summed E-state index contributed by atoms with van der Waals surface area (Å²) in [6.45, 7) is 3.12. The van der Waals surface area contributed by atoms with Crippen molar-refractivity contribution in [1.82, 2.24) is 0 Å². The van der Waals surface area contributed by atoms with Crippen molar-refractivity contribution in [2.75, 3.05) is 12.4 Å². The van der Waals surface area contributed by atoms with Gasteiger partial charge in [-0.25, -0.2) is 8.42 Å². The first-order valence-corrected chi connectivity index (χ1v) is 14.3. The molecular weight excluding hydrogens is 555 g/mol. The summed E-state index contributed by atoms with van der Waals surface area (Å²) in [6, 6.07) is 12.9. The Balaban J connectivity index is 0.00000533. The van der Waals surface area contributed by atoms with Crippen LogP contribution in [-0.4, -0.2) is 38.1 Å². The van der Waals surface area contributed by atoms with Crippen molar-refractivity contribution in [3.8, 4) is 0 Å². The van der Waals surface area contributed by atoms with E-state index in [9.17, 15) is 31.2 Å².